The summed E-state index contributed by atoms with van der Waals surface area (Å²) >= 11 is 0. The average Bonchev–Trinajstić information content (AvgIpc) is 2.25. The Labute approximate surface area is 109 Å². The summed E-state index contributed by atoms with van der Waals surface area (Å²) in [4.78, 5) is 25.6. The molecule has 1 heterocycles. The molecular weight excluding hydrogens is 232 g/mol. The van der Waals surface area contributed by atoms with Crippen LogP contribution in [-0.2, 0) is 9.53 Å². The van der Waals surface area contributed by atoms with E-state index in [9.17, 15) is 9.59 Å². The van der Waals surface area contributed by atoms with Crippen molar-refractivity contribution in [2.75, 3.05) is 13.1 Å². The van der Waals surface area contributed by atoms with E-state index < -0.39 is 17.7 Å². The number of carbonyl (C=O) groups is 2. The van der Waals surface area contributed by atoms with Gasteiger partial charge >= 0.3 is 6.09 Å². The Hall–Kier alpha value is -1.26. The number of nitrogens with one attached hydrogen (secondary N) is 1. The van der Waals surface area contributed by atoms with Crippen LogP contribution in [0.1, 0.15) is 41.0 Å². The van der Waals surface area contributed by atoms with Crippen molar-refractivity contribution in [1.29, 1.82) is 0 Å². The van der Waals surface area contributed by atoms with E-state index in [2.05, 4.69) is 5.32 Å². The largest absolute Gasteiger partial charge is 0.444 e. The molecule has 0 aromatic carbocycles. The molecular formula is C13H24N2O3. The van der Waals surface area contributed by atoms with Crippen molar-refractivity contribution >= 4 is 12.0 Å². The van der Waals surface area contributed by atoms with E-state index in [0.29, 0.717) is 13.1 Å². The smallest absolute Gasteiger partial charge is 0.411 e. The highest BCUT2D eigenvalue weighted by Crippen LogP contribution is 2.20. The van der Waals surface area contributed by atoms with E-state index in [-0.39, 0.29) is 11.8 Å². The molecule has 1 aliphatic rings. The number of piperazine rings is 1. The van der Waals surface area contributed by atoms with Gasteiger partial charge in [-0.2, -0.15) is 0 Å². The van der Waals surface area contributed by atoms with Crippen LogP contribution in [0.15, 0.2) is 0 Å². The minimum absolute atomic E-state index is 0.0820. The molecule has 1 N–H and O–H groups in total. The highest BCUT2D eigenvalue weighted by atomic mass is 16.6. The zero-order chi connectivity index (χ0) is 13.9. The molecule has 0 unspecified atom stereocenters. The van der Waals surface area contributed by atoms with Crippen LogP contribution in [0, 0.1) is 5.92 Å². The summed E-state index contributed by atoms with van der Waals surface area (Å²) in [6.07, 6.45) is 0.444. The standard InChI is InChI=1S/C13H24N2O3/c1-6-9(2)10-11(16)14-7-8-15(10)12(17)18-13(3,4)5/h9-10H,6-8H2,1-5H3,(H,14,16)/t9-,10-/m0/s1. The quantitative estimate of drug-likeness (QED) is 0.819. The monoisotopic (exact) mass is 256 g/mol. The number of ether oxygens (including phenoxy) is 1. The van der Waals surface area contributed by atoms with Gasteiger partial charge < -0.3 is 10.1 Å². The Morgan fingerprint density at radius 3 is 2.67 bits per heavy atom. The zero-order valence-corrected chi connectivity index (χ0v) is 11.9. The van der Waals surface area contributed by atoms with Gasteiger partial charge in [0.2, 0.25) is 5.91 Å². The lowest BCUT2D eigenvalue weighted by atomic mass is 9.95. The van der Waals surface area contributed by atoms with Crippen LogP contribution in [-0.4, -0.2) is 41.6 Å². The Bertz CT molecular complexity index is 323. The van der Waals surface area contributed by atoms with Crippen molar-refractivity contribution in [3.8, 4) is 0 Å². The highest BCUT2D eigenvalue weighted by molar-refractivity contribution is 5.87. The lowest BCUT2D eigenvalue weighted by Gasteiger charge is -2.38. The topological polar surface area (TPSA) is 58.6 Å². The van der Waals surface area contributed by atoms with Gasteiger partial charge in [-0.25, -0.2) is 4.79 Å². The maximum absolute atomic E-state index is 12.1. The molecule has 1 rings (SSSR count). The molecule has 104 valence electrons. The molecule has 0 aliphatic carbocycles. The first-order valence-electron chi connectivity index (χ1n) is 6.53. The molecule has 0 spiro atoms. The van der Waals surface area contributed by atoms with E-state index in [4.69, 9.17) is 4.74 Å². The van der Waals surface area contributed by atoms with Crippen LogP contribution in [0.4, 0.5) is 4.79 Å². The van der Waals surface area contributed by atoms with Crippen molar-refractivity contribution in [1.82, 2.24) is 10.2 Å². The average molecular weight is 256 g/mol. The van der Waals surface area contributed by atoms with E-state index >= 15 is 0 Å². The third-order valence-corrected chi connectivity index (χ3v) is 3.07. The Balaban J connectivity index is 2.82. The molecule has 1 aliphatic heterocycles. The van der Waals surface area contributed by atoms with Gasteiger partial charge in [-0.05, 0) is 26.7 Å². The number of hydrogen-bond donors (Lipinski definition) is 1. The zero-order valence-electron chi connectivity index (χ0n) is 11.9. The summed E-state index contributed by atoms with van der Waals surface area (Å²) in [5.74, 6) is 0.0410. The summed E-state index contributed by atoms with van der Waals surface area (Å²) in [6.45, 7) is 10.5. The first-order valence-corrected chi connectivity index (χ1v) is 6.53. The lowest BCUT2D eigenvalue weighted by Crippen LogP contribution is -2.60. The molecule has 0 bridgehead atoms. The number of hydrogen-bond acceptors (Lipinski definition) is 3. The number of carbonyl (C=O) groups excluding carboxylic acids is 2. The molecule has 2 atom stereocenters. The minimum Gasteiger partial charge on any atom is -0.444 e. The van der Waals surface area contributed by atoms with E-state index in [1.807, 2.05) is 34.6 Å². The predicted octanol–water partition coefficient (Wildman–Crippen LogP) is 1.77. The summed E-state index contributed by atoms with van der Waals surface area (Å²) in [5.41, 5.74) is -0.537. The van der Waals surface area contributed by atoms with Crippen molar-refractivity contribution in [3.63, 3.8) is 0 Å². The highest BCUT2D eigenvalue weighted by Gasteiger charge is 2.38. The van der Waals surface area contributed by atoms with Gasteiger partial charge in [0.15, 0.2) is 0 Å². The van der Waals surface area contributed by atoms with Gasteiger partial charge in [-0.15, -0.1) is 0 Å². The second-order valence-electron chi connectivity index (χ2n) is 5.80. The summed E-state index contributed by atoms with van der Waals surface area (Å²) in [7, 11) is 0. The Kier molecular flexibility index (Phi) is 4.59. The van der Waals surface area contributed by atoms with Crippen LogP contribution < -0.4 is 5.32 Å². The maximum Gasteiger partial charge on any atom is 0.411 e. The third-order valence-electron chi connectivity index (χ3n) is 3.07. The fraction of sp³-hybridized carbons (Fsp3) is 0.846. The SMILES string of the molecule is CC[C@H](C)[C@H]1C(=O)NCCN1C(=O)OC(C)(C)C. The molecule has 5 heteroatoms. The fourth-order valence-electron chi connectivity index (χ4n) is 2.00. The second kappa shape index (κ2) is 5.59. The fourth-order valence-corrected chi connectivity index (χ4v) is 2.00. The van der Waals surface area contributed by atoms with Gasteiger partial charge in [0.25, 0.3) is 0 Å². The molecule has 0 saturated carbocycles. The number of rotatable bonds is 2. The van der Waals surface area contributed by atoms with Gasteiger partial charge in [0, 0.05) is 13.1 Å². The van der Waals surface area contributed by atoms with Crippen LogP contribution in [0.5, 0.6) is 0 Å². The third kappa shape index (κ3) is 3.62. The molecule has 0 radical (unpaired) electrons. The van der Waals surface area contributed by atoms with Crippen molar-refractivity contribution in [2.24, 2.45) is 5.92 Å². The van der Waals surface area contributed by atoms with Gasteiger partial charge in [0.1, 0.15) is 11.6 Å². The van der Waals surface area contributed by atoms with Crippen molar-refractivity contribution in [2.45, 2.75) is 52.7 Å². The molecule has 0 aromatic rings. The molecule has 18 heavy (non-hydrogen) atoms. The molecule has 1 fully saturated rings. The van der Waals surface area contributed by atoms with Crippen molar-refractivity contribution < 1.29 is 14.3 Å². The van der Waals surface area contributed by atoms with Crippen LogP contribution in [0.3, 0.4) is 0 Å². The molecule has 5 nitrogen and oxygen atoms in total. The van der Waals surface area contributed by atoms with Gasteiger partial charge in [-0.1, -0.05) is 20.3 Å². The summed E-state index contributed by atoms with van der Waals surface area (Å²) in [5, 5.41) is 2.81. The van der Waals surface area contributed by atoms with Crippen molar-refractivity contribution in [3.05, 3.63) is 0 Å². The molecule has 0 aromatic heterocycles. The van der Waals surface area contributed by atoms with Gasteiger partial charge in [-0.3, -0.25) is 9.69 Å². The summed E-state index contributed by atoms with van der Waals surface area (Å²) < 4.78 is 5.36. The maximum atomic E-state index is 12.1. The normalized spacial score (nSPS) is 22.4. The molecule has 1 saturated heterocycles. The van der Waals surface area contributed by atoms with E-state index in [0.717, 1.165) is 6.42 Å². The lowest BCUT2D eigenvalue weighted by molar-refractivity contribution is -0.130. The molecule has 2 amide bonds. The second-order valence-corrected chi connectivity index (χ2v) is 5.80. The minimum atomic E-state index is -0.537. The van der Waals surface area contributed by atoms with E-state index in [1.165, 1.54) is 0 Å². The van der Waals surface area contributed by atoms with E-state index in [1.54, 1.807) is 4.90 Å². The summed E-state index contributed by atoms with van der Waals surface area (Å²) in [6, 6.07) is -0.418. The van der Waals surface area contributed by atoms with Crippen LogP contribution >= 0.6 is 0 Å². The first kappa shape index (κ1) is 14.8. The van der Waals surface area contributed by atoms with Crippen LogP contribution in [0.25, 0.3) is 0 Å². The Morgan fingerprint density at radius 1 is 1.56 bits per heavy atom. The van der Waals surface area contributed by atoms with Gasteiger partial charge in [0.05, 0.1) is 0 Å². The number of amides is 2. The van der Waals surface area contributed by atoms with Crippen LogP contribution in [0.2, 0.25) is 0 Å². The first-order chi connectivity index (χ1) is 8.26. The Morgan fingerprint density at radius 2 is 2.17 bits per heavy atom. The predicted molar refractivity (Wildman–Crippen MR) is 69.2 cm³/mol. The number of nitrogens with zero attached hydrogens (tertiary/aromatic N) is 1.